The summed E-state index contributed by atoms with van der Waals surface area (Å²) in [4.78, 5) is 4.37. The predicted octanol–water partition coefficient (Wildman–Crippen LogP) is 4.33. The Labute approximate surface area is 149 Å². The molecule has 0 aliphatic heterocycles. The molecule has 1 N–H and O–H groups in total. The molecule has 0 saturated carbocycles. The molecule has 2 heterocycles. The van der Waals surface area contributed by atoms with Crippen LogP contribution >= 0.6 is 11.6 Å². The number of imidazole rings is 1. The van der Waals surface area contributed by atoms with Crippen LogP contribution in [-0.4, -0.2) is 19.7 Å². The summed E-state index contributed by atoms with van der Waals surface area (Å²) in [5.41, 5.74) is 3.29. The lowest BCUT2D eigenvalue weighted by molar-refractivity contribution is 0.282. The predicted molar refractivity (Wildman–Crippen MR) is 95.9 cm³/mol. The standard InChI is InChI=1S/C19H14ClN3O2/c20-15-5-2-6-16(10-15)25-19-8-7-18-21-11-17(23(18)22-19)14-4-1-3-13(9-14)12-24/h1-11,24H,12H2. The number of hydrogen-bond donors (Lipinski definition) is 1. The monoisotopic (exact) mass is 351 g/mol. The molecular weight excluding hydrogens is 338 g/mol. The summed E-state index contributed by atoms with van der Waals surface area (Å²) in [6.45, 7) is -0.0128. The van der Waals surface area contributed by atoms with Gasteiger partial charge in [0.15, 0.2) is 5.65 Å². The first kappa shape index (κ1) is 15.6. The van der Waals surface area contributed by atoms with E-state index >= 15 is 0 Å². The second-order valence-corrected chi connectivity index (χ2v) is 5.94. The normalized spacial score (nSPS) is 11.0. The first-order chi connectivity index (χ1) is 12.2. The average Bonchev–Trinajstić information content (AvgIpc) is 3.05. The van der Waals surface area contributed by atoms with Crippen LogP contribution in [0.1, 0.15) is 5.56 Å². The van der Waals surface area contributed by atoms with Gasteiger partial charge in [-0.15, -0.1) is 5.10 Å². The van der Waals surface area contributed by atoms with Crippen LogP contribution < -0.4 is 4.74 Å². The highest BCUT2D eigenvalue weighted by atomic mass is 35.5. The largest absolute Gasteiger partial charge is 0.438 e. The average molecular weight is 352 g/mol. The lowest BCUT2D eigenvalue weighted by Crippen LogP contribution is -1.97. The fraction of sp³-hybridized carbons (Fsp3) is 0.0526. The summed E-state index contributed by atoms with van der Waals surface area (Å²) in [6.07, 6.45) is 1.75. The Morgan fingerprint density at radius 2 is 1.92 bits per heavy atom. The zero-order chi connectivity index (χ0) is 17.2. The van der Waals surface area contributed by atoms with Crippen molar-refractivity contribution in [3.05, 3.63) is 77.4 Å². The number of ether oxygens (including phenoxy) is 1. The number of halogens is 1. The van der Waals surface area contributed by atoms with Gasteiger partial charge in [0.1, 0.15) is 5.75 Å². The van der Waals surface area contributed by atoms with Crippen molar-refractivity contribution in [3.8, 4) is 22.9 Å². The Bertz CT molecular complexity index is 1050. The second-order valence-electron chi connectivity index (χ2n) is 5.50. The van der Waals surface area contributed by atoms with Gasteiger partial charge in [-0.2, -0.15) is 0 Å². The topological polar surface area (TPSA) is 59.7 Å². The number of rotatable bonds is 4. The highest BCUT2D eigenvalue weighted by Crippen LogP contribution is 2.25. The minimum atomic E-state index is -0.0128. The molecule has 5 nitrogen and oxygen atoms in total. The highest BCUT2D eigenvalue weighted by Gasteiger charge is 2.09. The van der Waals surface area contributed by atoms with E-state index in [4.69, 9.17) is 16.3 Å². The molecule has 0 bridgehead atoms. The van der Waals surface area contributed by atoms with Gasteiger partial charge in [-0.1, -0.05) is 35.9 Å². The summed E-state index contributed by atoms with van der Waals surface area (Å²) in [7, 11) is 0. The van der Waals surface area contributed by atoms with E-state index in [2.05, 4.69) is 10.1 Å². The number of aliphatic hydroxyl groups is 1. The zero-order valence-corrected chi connectivity index (χ0v) is 13.9. The van der Waals surface area contributed by atoms with E-state index in [0.29, 0.717) is 22.3 Å². The molecule has 2 aromatic heterocycles. The maximum Gasteiger partial charge on any atom is 0.237 e. The molecular formula is C19H14ClN3O2. The molecule has 0 radical (unpaired) electrons. The Morgan fingerprint density at radius 3 is 2.76 bits per heavy atom. The quantitative estimate of drug-likeness (QED) is 0.594. The Hall–Kier alpha value is -2.89. The molecule has 2 aromatic carbocycles. The molecule has 4 aromatic rings. The van der Waals surface area contributed by atoms with E-state index in [1.807, 2.05) is 42.5 Å². The third-order valence-corrected chi connectivity index (χ3v) is 4.00. The van der Waals surface area contributed by atoms with Crippen LogP contribution in [-0.2, 0) is 6.61 Å². The van der Waals surface area contributed by atoms with Gasteiger partial charge >= 0.3 is 0 Å². The van der Waals surface area contributed by atoms with Crippen LogP contribution in [0.15, 0.2) is 66.9 Å². The van der Waals surface area contributed by atoms with Crippen molar-refractivity contribution in [3.63, 3.8) is 0 Å². The van der Waals surface area contributed by atoms with Crippen LogP contribution in [0.25, 0.3) is 16.9 Å². The van der Waals surface area contributed by atoms with E-state index in [1.165, 1.54) is 0 Å². The molecule has 0 aliphatic rings. The fourth-order valence-electron chi connectivity index (χ4n) is 2.59. The maximum atomic E-state index is 9.33. The van der Waals surface area contributed by atoms with Crippen molar-refractivity contribution in [2.24, 2.45) is 0 Å². The van der Waals surface area contributed by atoms with Gasteiger partial charge in [-0.05, 0) is 35.9 Å². The smallest absolute Gasteiger partial charge is 0.237 e. The molecule has 0 fully saturated rings. The second kappa shape index (κ2) is 6.55. The SMILES string of the molecule is OCc1cccc(-c2cnc3ccc(Oc4cccc(Cl)c4)nn23)c1. The van der Waals surface area contributed by atoms with Gasteiger partial charge < -0.3 is 9.84 Å². The third kappa shape index (κ3) is 3.20. The number of nitrogens with zero attached hydrogens (tertiary/aromatic N) is 3. The zero-order valence-electron chi connectivity index (χ0n) is 13.1. The van der Waals surface area contributed by atoms with Crippen molar-refractivity contribution in [1.29, 1.82) is 0 Å². The molecule has 0 aliphatic carbocycles. The number of aromatic nitrogens is 3. The van der Waals surface area contributed by atoms with Crippen LogP contribution in [0.3, 0.4) is 0 Å². The van der Waals surface area contributed by atoms with E-state index < -0.39 is 0 Å². The van der Waals surface area contributed by atoms with Crippen LogP contribution in [0, 0.1) is 0 Å². The molecule has 0 unspecified atom stereocenters. The minimum Gasteiger partial charge on any atom is -0.438 e. The summed E-state index contributed by atoms with van der Waals surface area (Å²) in [6, 6.07) is 18.4. The Morgan fingerprint density at radius 1 is 1.04 bits per heavy atom. The molecule has 0 atom stereocenters. The Kier molecular flexibility index (Phi) is 4.09. The molecule has 6 heteroatoms. The highest BCUT2D eigenvalue weighted by molar-refractivity contribution is 6.30. The lowest BCUT2D eigenvalue weighted by Gasteiger charge is -2.07. The van der Waals surface area contributed by atoms with Gasteiger partial charge in [-0.25, -0.2) is 9.50 Å². The van der Waals surface area contributed by atoms with Crippen LogP contribution in [0.4, 0.5) is 0 Å². The third-order valence-electron chi connectivity index (χ3n) is 3.76. The summed E-state index contributed by atoms with van der Waals surface area (Å²) in [5, 5.41) is 14.5. The van der Waals surface area contributed by atoms with Gasteiger partial charge in [0.05, 0.1) is 18.5 Å². The first-order valence-corrected chi connectivity index (χ1v) is 8.09. The van der Waals surface area contributed by atoms with Crippen molar-refractivity contribution in [2.75, 3.05) is 0 Å². The molecule has 0 saturated heterocycles. The molecule has 0 spiro atoms. The summed E-state index contributed by atoms with van der Waals surface area (Å²) in [5.74, 6) is 1.05. The van der Waals surface area contributed by atoms with E-state index in [9.17, 15) is 5.11 Å². The summed E-state index contributed by atoms with van der Waals surface area (Å²) < 4.78 is 7.51. The van der Waals surface area contributed by atoms with Gasteiger partial charge in [0.25, 0.3) is 0 Å². The molecule has 0 amide bonds. The van der Waals surface area contributed by atoms with Crippen LogP contribution in [0.5, 0.6) is 11.6 Å². The van der Waals surface area contributed by atoms with Crippen molar-refractivity contribution < 1.29 is 9.84 Å². The van der Waals surface area contributed by atoms with Gasteiger partial charge in [0.2, 0.25) is 5.88 Å². The lowest BCUT2D eigenvalue weighted by atomic mass is 10.1. The van der Waals surface area contributed by atoms with Crippen molar-refractivity contribution >= 4 is 17.2 Å². The number of aliphatic hydroxyl groups excluding tert-OH is 1. The number of hydrogen-bond acceptors (Lipinski definition) is 4. The number of fused-ring (bicyclic) bond motifs is 1. The van der Waals surface area contributed by atoms with Crippen molar-refractivity contribution in [1.82, 2.24) is 14.6 Å². The molecule has 124 valence electrons. The number of benzene rings is 2. The minimum absolute atomic E-state index is 0.0128. The van der Waals surface area contributed by atoms with Gasteiger partial charge in [-0.3, -0.25) is 0 Å². The van der Waals surface area contributed by atoms with E-state index in [0.717, 1.165) is 16.8 Å². The fourth-order valence-corrected chi connectivity index (χ4v) is 2.77. The Balaban J connectivity index is 1.74. The van der Waals surface area contributed by atoms with E-state index in [-0.39, 0.29) is 6.61 Å². The maximum absolute atomic E-state index is 9.33. The molecule has 4 rings (SSSR count). The summed E-state index contributed by atoms with van der Waals surface area (Å²) >= 11 is 5.99. The van der Waals surface area contributed by atoms with Crippen molar-refractivity contribution in [2.45, 2.75) is 6.61 Å². The van der Waals surface area contributed by atoms with Gasteiger partial charge in [0, 0.05) is 16.7 Å². The van der Waals surface area contributed by atoms with Crippen LogP contribution in [0.2, 0.25) is 5.02 Å². The van der Waals surface area contributed by atoms with E-state index in [1.54, 1.807) is 28.9 Å². The first-order valence-electron chi connectivity index (χ1n) is 7.71. The molecule has 25 heavy (non-hydrogen) atoms.